The molecule has 3 radical (unpaired) electrons. The van der Waals surface area contributed by atoms with Crippen molar-refractivity contribution < 1.29 is 32.5 Å². The Bertz CT molecular complexity index is 8.00. The van der Waals surface area contributed by atoms with Gasteiger partial charge in [0.15, 0.2) is 0 Å². The fourth-order valence-corrected chi connectivity index (χ4v) is 0. The van der Waals surface area contributed by atoms with Gasteiger partial charge in [-0.05, 0) is 0 Å². The zero-order valence-corrected chi connectivity index (χ0v) is 10.1. The first kappa shape index (κ1) is 16.8. The van der Waals surface area contributed by atoms with E-state index in [2.05, 4.69) is 15.5 Å². The summed E-state index contributed by atoms with van der Waals surface area (Å²) in [5, 5.41) is 0. The van der Waals surface area contributed by atoms with E-state index in [1.165, 1.54) is 0 Å². The van der Waals surface area contributed by atoms with E-state index in [9.17, 15) is 0 Å². The van der Waals surface area contributed by atoms with Gasteiger partial charge in [-0.3, -0.25) is 0 Å². The van der Waals surface area contributed by atoms with Gasteiger partial charge in [-0.25, -0.2) is 0 Å². The standard InChI is InChI=1S/CH3.Mn.Ni.Pb.2H/h1H3;;;;;. The molecular formula is CH5MnNiPb. The molecule has 0 atom stereocenters. The molecule has 0 saturated heterocycles. The molecule has 0 aliphatic carbocycles. The van der Waals surface area contributed by atoms with Gasteiger partial charge in [0.1, 0.15) is 0 Å². The Balaban J connectivity index is -0.00000000500. The van der Waals surface area contributed by atoms with Crippen LogP contribution in [0.2, 0.25) is 5.89 Å². The molecule has 0 aromatic rings. The SMILES string of the molecule is [CH3][Ni].[Mn].[PbH2]. The number of rotatable bonds is 0. The maximum atomic E-state index is 3.88. The van der Waals surface area contributed by atoms with Crippen molar-refractivity contribution in [3.8, 4) is 0 Å². The molecule has 0 aliphatic rings. The van der Waals surface area contributed by atoms with Gasteiger partial charge in [0.05, 0.1) is 0 Å². The fraction of sp³-hybridized carbons (Fsp3) is 1.00. The molecule has 0 fully saturated rings. The molecule has 0 aromatic heterocycles. The molecule has 0 saturated carbocycles. The van der Waals surface area contributed by atoms with E-state index in [-0.39, 0.29) is 44.4 Å². The van der Waals surface area contributed by atoms with Crippen molar-refractivity contribution in [3.05, 3.63) is 0 Å². The van der Waals surface area contributed by atoms with Crippen LogP contribution in [0, 0.1) is 0 Å². The second-order valence-corrected chi connectivity index (χ2v) is 0. The molecular weight excluding hydrogens is 333 g/mol. The first-order valence-electron chi connectivity index (χ1n) is 0.316. The van der Waals surface area contributed by atoms with E-state index in [0.717, 1.165) is 0 Å². The van der Waals surface area contributed by atoms with Crippen molar-refractivity contribution in [2.45, 2.75) is 5.89 Å². The van der Waals surface area contributed by atoms with E-state index in [4.69, 9.17) is 0 Å². The van der Waals surface area contributed by atoms with Crippen LogP contribution in [0.1, 0.15) is 0 Å². The van der Waals surface area contributed by atoms with E-state index in [1.807, 2.05) is 0 Å². The predicted molar refractivity (Wildman–Crippen MR) is 14.4 cm³/mol. The third kappa shape index (κ3) is 9.05. The normalized spacial score (nSPS) is 1.75. The van der Waals surface area contributed by atoms with Gasteiger partial charge in [-0.1, -0.05) is 0 Å². The van der Waals surface area contributed by atoms with Gasteiger partial charge in [-0.15, -0.1) is 0 Å². The zero-order chi connectivity index (χ0) is 2.00. The van der Waals surface area contributed by atoms with Crippen LogP contribution < -0.4 is 0 Å². The van der Waals surface area contributed by atoms with Gasteiger partial charge in [0, 0.05) is 17.1 Å². The first-order valence-corrected chi connectivity index (χ1v) is 1.30. The van der Waals surface area contributed by atoms with Gasteiger partial charge < -0.3 is 0 Å². The van der Waals surface area contributed by atoms with Crippen LogP contribution in [0.5, 0.6) is 0 Å². The summed E-state index contributed by atoms with van der Waals surface area (Å²) < 4.78 is 0. The minimum atomic E-state index is 0. The summed E-state index contributed by atoms with van der Waals surface area (Å²) in [6, 6.07) is 0. The van der Waals surface area contributed by atoms with Crippen LogP contribution in [0.15, 0.2) is 0 Å². The maximum absolute atomic E-state index is 3.88. The molecule has 0 rings (SSSR count). The van der Waals surface area contributed by atoms with Crippen LogP contribution >= 0.6 is 0 Å². The molecule has 4 heavy (non-hydrogen) atoms. The van der Waals surface area contributed by atoms with E-state index in [0.29, 0.717) is 0 Å². The van der Waals surface area contributed by atoms with Gasteiger partial charge >= 0.3 is 48.7 Å². The molecule has 0 aromatic carbocycles. The van der Waals surface area contributed by atoms with Gasteiger partial charge in [-0.2, -0.15) is 0 Å². The third-order valence-corrected chi connectivity index (χ3v) is 0. The van der Waals surface area contributed by atoms with Crippen molar-refractivity contribution in [3.63, 3.8) is 0 Å². The van der Waals surface area contributed by atoms with E-state index < -0.39 is 0 Å². The Morgan fingerprint density at radius 2 is 1.25 bits per heavy atom. The molecule has 0 amide bonds. The quantitative estimate of drug-likeness (QED) is 0.531. The summed E-state index contributed by atoms with van der Waals surface area (Å²) >= 11 is 3.88. The molecule has 0 N–H and O–H groups in total. The Kier molecular flexibility index (Phi) is 85.6. The Hall–Kier alpha value is 1.94. The van der Waals surface area contributed by atoms with Crippen molar-refractivity contribution in [2.75, 3.05) is 0 Å². The van der Waals surface area contributed by atoms with E-state index in [1.54, 1.807) is 5.89 Å². The van der Waals surface area contributed by atoms with Crippen molar-refractivity contribution in [2.24, 2.45) is 0 Å². The number of hydrogen-bond acceptors (Lipinski definition) is 0. The van der Waals surface area contributed by atoms with Crippen LogP contribution in [0.4, 0.5) is 0 Å². The summed E-state index contributed by atoms with van der Waals surface area (Å²) in [6.45, 7) is 0. The summed E-state index contributed by atoms with van der Waals surface area (Å²) in [4.78, 5) is 0. The zero-order valence-electron chi connectivity index (χ0n) is 2.40. The van der Waals surface area contributed by atoms with Crippen LogP contribution in [0.3, 0.4) is 0 Å². The van der Waals surface area contributed by atoms with Crippen LogP contribution in [-0.4, -0.2) is 27.3 Å². The molecule has 0 heterocycles. The average molecular weight is 338 g/mol. The molecule has 0 aliphatic heterocycles. The summed E-state index contributed by atoms with van der Waals surface area (Å²) in [5.41, 5.74) is 0. The van der Waals surface area contributed by atoms with Crippen molar-refractivity contribution >= 4 is 27.3 Å². The molecule has 0 bridgehead atoms. The summed E-state index contributed by atoms with van der Waals surface area (Å²) in [5.74, 6) is 1.62. The Morgan fingerprint density at radius 3 is 1.25 bits per heavy atom. The Labute approximate surface area is 65.1 Å². The molecule has 0 spiro atoms. The second kappa shape index (κ2) is 20.4. The molecule has 3 heteroatoms. The summed E-state index contributed by atoms with van der Waals surface area (Å²) in [7, 11) is 0. The van der Waals surface area contributed by atoms with Crippen LogP contribution in [0.25, 0.3) is 0 Å². The molecule has 0 unspecified atom stereocenters. The summed E-state index contributed by atoms with van der Waals surface area (Å²) in [6.07, 6.45) is 0. The third-order valence-electron chi connectivity index (χ3n) is 0. The minimum absolute atomic E-state index is 0. The Morgan fingerprint density at radius 1 is 1.25 bits per heavy atom. The molecule has 0 nitrogen and oxygen atoms in total. The second-order valence-electron chi connectivity index (χ2n) is 0. The predicted octanol–water partition coefficient (Wildman–Crippen LogP) is -0.337. The topological polar surface area (TPSA) is 0 Å². The first-order chi connectivity index (χ1) is 1.00. The van der Waals surface area contributed by atoms with Crippen molar-refractivity contribution in [1.82, 2.24) is 0 Å². The van der Waals surface area contributed by atoms with Gasteiger partial charge in [0.25, 0.3) is 0 Å². The average Bonchev–Trinajstić information content (AvgIpc) is 1.00. The number of hydrogen-bond donors (Lipinski definition) is 0. The molecule has 30 valence electrons. The van der Waals surface area contributed by atoms with Crippen molar-refractivity contribution in [1.29, 1.82) is 0 Å². The fourth-order valence-electron chi connectivity index (χ4n) is 0. The van der Waals surface area contributed by atoms with Gasteiger partial charge in [0.2, 0.25) is 0 Å². The van der Waals surface area contributed by atoms with Crippen LogP contribution in [-0.2, 0) is 32.5 Å². The van der Waals surface area contributed by atoms with E-state index >= 15 is 0 Å². The monoisotopic (exact) mass is 338 g/mol.